The minimum absolute atomic E-state index is 0.0136. The molecule has 1 rings (SSSR count). The number of amides is 1. The molecule has 0 bridgehead atoms. The van der Waals surface area contributed by atoms with Gasteiger partial charge in [-0.15, -0.1) is 0 Å². The molecule has 1 amide bonds. The molecule has 1 aromatic carbocycles. The Morgan fingerprint density at radius 1 is 1.30 bits per heavy atom. The van der Waals surface area contributed by atoms with Gasteiger partial charge in [-0.2, -0.15) is 0 Å². The molecule has 0 saturated heterocycles. The minimum Gasteiger partial charge on any atom is -0.399 e. The van der Waals surface area contributed by atoms with Crippen LogP contribution >= 0.6 is 0 Å². The Balaban J connectivity index is 2.90. The van der Waals surface area contributed by atoms with E-state index in [4.69, 9.17) is 5.73 Å². The van der Waals surface area contributed by atoms with E-state index in [1.165, 1.54) is 6.07 Å². The average molecular weight is 298 g/mol. The second-order valence-corrected chi connectivity index (χ2v) is 6.82. The van der Waals surface area contributed by atoms with Gasteiger partial charge in [-0.1, -0.05) is 19.9 Å². The highest BCUT2D eigenvalue weighted by Crippen LogP contribution is 2.19. The zero-order valence-corrected chi connectivity index (χ0v) is 13.0. The molecule has 6 heteroatoms. The summed E-state index contributed by atoms with van der Waals surface area (Å²) < 4.78 is 24.5. The summed E-state index contributed by atoms with van der Waals surface area (Å²) in [6.45, 7) is 5.58. The van der Waals surface area contributed by atoms with E-state index in [2.05, 4.69) is 5.32 Å². The van der Waals surface area contributed by atoms with Crippen LogP contribution in [0.5, 0.6) is 0 Å². The maximum atomic E-state index is 12.3. The van der Waals surface area contributed by atoms with E-state index in [1.54, 1.807) is 19.1 Å². The number of hydrogen-bond donors (Lipinski definition) is 2. The molecule has 0 aliphatic carbocycles. The number of aryl methyl sites for hydroxylation is 1. The Morgan fingerprint density at radius 2 is 1.90 bits per heavy atom. The predicted octanol–water partition coefficient (Wildman–Crippen LogP) is 1.66. The lowest BCUT2D eigenvalue weighted by Crippen LogP contribution is -2.37. The third kappa shape index (κ3) is 4.23. The van der Waals surface area contributed by atoms with Crippen molar-refractivity contribution >= 4 is 21.4 Å². The van der Waals surface area contributed by atoms with Crippen molar-refractivity contribution in [3.05, 3.63) is 23.8 Å². The van der Waals surface area contributed by atoms with Crippen molar-refractivity contribution < 1.29 is 13.2 Å². The smallest absolute Gasteiger partial charge is 0.235 e. The van der Waals surface area contributed by atoms with Gasteiger partial charge < -0.3 is 11.1 Å². The lowest BCUT2D eigenvalue weighted by atomic mass is 10.2. The van der Waals surface area contributed by atoms with Crippen LogP contribution in [0.25, 0.3) is 0 Å². The van der Waals surface area contributed by atoms with Gasteiger partial charge in [-0.3, -0.25) is 4.79 Å². The molecule has 0 aliphatic heterocycles. The SMILES string of the molecule is CCC(CC)NC(=O)CS(=O)(=O)c1cc(N)ccc1C. The van der Waals surface area contributed by atoms with Gasteiger partial charge in [0.1, 0.15) is 5.75 Å². The van der Waals surface area contributed by atoms with Crippen molar-refractivity contribution in [1.82, 2.24) is 5.32 Å². The van der Waals surface area contributed by atoms with Crippen LogP contribution in [-0.4, -0.2) is 26.1 Å². The average Bonchev–Trinajstić information content (AvgIpc) is 2.38. The number of carbonyl (C=O) groups is 1. The zero-order valence-electron chi connectivity index (χ0n) is 12.1. The standard InChI is InChI=1S/C14H22N2O3S/c1-4-12(5-2)16-14(17)9-20(18,19)13-8-11(15)7-6-10(13)3/h6-8,12H,4-5,9,15H2,1-3H3,(H,16,17). The van der Waals surface area contributed by atoms with Gasteiger partial charge >= 0.3 is 0 Å². The van der Waals surface area contributed by atoms with Gasteiger partial charge in [-0.05, 0) is 37.5 Å². The summed E-state index contributed by atoms with van der Waals surface area (Å²) in [7, 11) is -3.67. The van der Waals surface area contributed by atoms with Crippen LogP contribution in [0.3, 0.4) is 0 Å². The zero-order chi connectivity index (χ0) is 15.3. The number of sulfone groups is 1. The third-order valence-electron chi connectivity index (χ3n) is 3.22. The third-order valence-corrected chi connectivity index (χ3v) is 4.97. The van der Waals surface area contributed by atoms with E-state index in [1.807, 2.05) is 13.8 Å². The highest BCUT2D eigenvalue weighted by Gasteiger charge is 2.22. The predicted molar refractivity (Wildman–Crippen MR) is 80.2 cm³/mol. The molecule has 20 heavy (non-hydrogen) atoms. The second-order valence-electron chi connectivity index (χ2n) is 4.86. The fraction of sp³-hybridized carbons (Fsp3) is 0.500. The van der Waals surface area contributed by atoms with Crippen molar-refractivity contribution in [2.45, 2.75) is 44.6 Å². The largest absolute Gasteiger partial charge is 0.399 e. The first-order chi connectivity index (χ1) is 9.30. The van der Waals surface area contributed by atoms with Crippen LogP contribution in [-0.2, 0) is 14.6 Å². The number of carbonyl (C=O) groups excluding carboxylic acids is 1. The van der Waals surface area contributed by atoms with Crippen LogP contribution in [0, 0.1) is 6.92 Å². The summed E-state index contributed by atoms with van der Waals surface area (Å²) in [6.07, 6.45) is 1.55. The van der Waals surface area contributed by atoms with Crippen LogP contribution in [0.1, 0.15) is 32.3 Å². The summed E-state index contributed by atoms with van der Waals surface area (Å²) in [5.41, 5.74) is 6.58. The monoisotopic (exact) mass is 298 g/mol. The van der Waals surface area contributed by atoms with E-state index in [9.17, 15) is 13.2 Å². The first-order valence-corrected chi connectivity index (χ1v) is 8.33. The van der Waals surface area contributed by atoms with Gasteiger partial charge in [-0.25, -0.2) is 8.42 Å². The number of rotatable bonds is 6. The van der Waals surface area contributed by atoms with Crippen molar-refractivity contribution in [3.63, 3.8) is 0 Å². The molecule has 0 radical (unpaired) electrons. The molecule has 0 spiro atoms. The van der Waals surface area contributed by atoms with Crippen LogP contribution < -0.4 is 11.1 Å². The van der Waals surface area contributed by atoms with Gasteiger partial charge in [0.2, 0.25) is 5.91 Å². The number of benzene rings is 1. The minimum atomic E-state index is -3.67. The maximum Gasteiger partial charge on any atom is 0.235 e. The molecule has 0 unspecified atom stereocenters. The topological polar surface area (TPSA) is 89.3 Å². The first-order valence-electron chi connectivity index (χ1n) is 6.68. The maximum absolute atomic E-state index is 12.3. The summed E-state index contributed by atoms with van der Waals surface area (Å²) in [4.78, 5) is 12.0. The van der Waals surface area contributed by atoms with Crippen molar-refractivity contribution in [1.29, 1.82) is 0 Å². The fourth-order valence-electron chi connectivity index (χ4n) is 1.96. The molecule has 3 N–H and O–H groups in total. The Morgan fingerprint density at radius 3 is 2.45 bits per heavy atom. The van der Waals surface area contributed by atoms with Gasteiger partial charge in [0.15, 0.2) is 9.84 Å². The molecule has 0 atom stereocenters. The summed E-state index contributed by atoms with van der Waals surface area (Å²) in [6, 6.07) is 4.69. The summed E-state index contributed by atoms with van der Waals surface area (Å²) >= 11 is 0. The van der Waals surface area contributed by atoms with E-state index < -0.39 is 21.5 Å². The molecular formula is C14H22N2O3S. The molecule has 0 heterocycles. The van der Waals surface area contributed by atoms with Crippen LogP contribution in [0.15, 0.2) is 23.1 Å². The number of nitrogen functional groups attached to an aromatic ring is 1. The van der Waals surface area contributed by atoms with E-state index in [0.29, 0.717) is 11.3 Å². The number of hydrogen-bond acceptors (Lipinski definition) is 4. The lowest BCUT2D eigenvalue weighted by Gasteiger charge is -2.15. The first kappa shape index (κ1) is 16.5. The molecule has 0 aromatic heterocycles. The molecule has 5 nitrogen and oxygen atoms in total. The number of nitrogens with one attached hydrogen (secondary N) is 1. The summed E-state index contributed by atoms with van der Waals surface area (Å²) in [5.74, 6) is -1.02. The van der Waals surface area contributed by atoms with Crippen molar-refractivity contribution in [2.24, 2.45) is 0 Å². The Labute approximate surface area is 120 Å². The second kappa shape index (κ2) is 6.74. The Bertz CT molecular complexity index is 578. The molecule has 112 valence electrons. The Kier molecular flexibility index (Phi) is 5.56. The quantitative estimate of drug-likeness (QED) is 0.782. The fourth-order valence-corrected chi connectivity index (χ4v) is 3.42. The van der Waals surface area contributed by atoms with E-state index in [0.717, 1.165) is 12.8 Å². The van der Waals surface area contributed by atoms with Crippen LogP contribution in [0.2, 0.25) is 0 Å². The van der Waals surface area contributed by atoms with Crippen LogP contribution in [0.4, 0.5) is 5.69 Å². The number of nitrogens with two attached hydrogens (primary N) is 1. The molecule has 0 aliphatic rings. The summed E-state index contributed by atoms with van der Waals surface area (Å²) in [5, 5.41) is 2.73. The highest BCUT2D eigenvalue weighted by atomic mass is 32.2. The molecule has 0 saturated carbocycles. The van der Waals surface area contributed by atoms with Crippen molar-refractivity contribution in [3.8, 4) is 0 Å². The number of anilines is 1. The molecular weight excluding hydrogens is 276 g/mol. The highest BCUT2D eigenvalue weighted by molar-refractivity contribution is 7.92. The molecule has 1 aromatic rings. The van der Waals surface area contributed by atoms with Gasteiger partial charge in [0, 0.05) is 11.7 Å². The van der Waals surface area contributed by atoms with Crippen molar-refractivity contribution in [2.75, 3.05) is 11.5 Å². The normalized spacial score (nSPS) is 11.6. The van der Waals surface area contributed by atoms with Gasteiger partial charge in [0.05, 0.1) is 4.90 Å². The molecule has 0 fully saturated rings. The van der Waals surface area contributed by atoms with Gasteiger partial charge in [0.25, 0.3) is 0 Å². The lowest BCUT2D eigenvalue weighted by molar-refractivity contribution is -0.119. The Hall–Kier alpha value is -1.56. The van der Waals surface area contributed by atoms with E-state index in [-0.39, 0.29) is 10.9 Å². The van der Waals surface area contributed by atoms with E-state index >= 15 is 0 Å².